The van der Waals surface area contributed by atoms with Crippen LogP contribution in [0.4, 0.5) is 0 Å². The van der Waals surface area contributed by atoms with E-state index in [1.807, 2.05) is 49.6 Å². The molecule has 0 radical (unpaired) electrons. The third-order valence-electron chi connectivity index (χ3n) is 7.29. The standard InChI is InChI=1S/C28H38N2O3S.C3H8O2S/c1-20-8-6-7-11-23(20)25-18-22(19-29-16-14-21-9-4-3-5-10-21)12-13-24(25)27(31)30-26(28(32)33)15-17-34-2;1-3-6(2,4)5/h6-8,11-13,18,21,26,29H,3-5,9-10,14-17,19H2,1-2H3,(H,30,31)(H,32,33);3H2,1-2H3. The van der Waals surface area contributed by atoms with Crippen molar-refractivity contribution in [3.63, 3.8) is 0 Å². The summed E-state index contributed by atoms with van der Waals surface area (Å²) in [5.74, 6) is 0.422. The summed E-state index contributed by atoms with van der Waals surface area (Å²) in [6.07, 6.45) is 11.6. The van der Waals surface area contributed by atoms with E-state index in [9.17, 15) is 23.1 Å². The highest BCUT2D eigenvalue weighted by Crippen LogP contribution is 2.29. The molecule has 1 saturated carbocycles. The first-order valence-corrected chi connectivity index (χ1v) is 17.6. The summed E-state index contributed by atoms with van der Waals surface area (Å²) >= 11 is 1.57. The first-order chi connectivity index (χ1) is 19.1. The Morgan fingerprint density at radius 3 is 2.35 bits per heavy atom. The van der Waals surface area contributed by atoms with Crippen LogP contribution in [0.25, 0.3) is 11.1 Å². The third-order valence-corrected chi connectivity index (χ3v) is 8.98. The summed E-state index contributed by atoms with van der Waals surface area (Å²) in [4.78, 5) is 24.8. The molecular weight excluding hydrogens is 544 g/mol. The van der Waals surface area contributed by atoms with E-state index >= 15 is 0 Å². The molecule has 222 valence electrons. The molecule has 0 aliphatic heterocycles. The number of carbonyl (C=O) groups is 2. The lowest BCUT2D eigenvalue weighted by molar-refractivity contribution is -0.139. The number of carboxylic acids is 1. The van der Waals surface area contributed by atoms with E-state index in [1.165, 1.54) is 44.8 Å². The van der Waals surface area contributed by atoms with E-state index in [1.54, 1.807) is 18.7 Å². The first kappa shape index (κ1) is 33.8. The van der Waals surface area contributed by atoms with Crippen molar-refractivity contribution in [1.82, 2.24) is 10.6 Å². The number of aliphatic carboxylic acids is 1. The maximum Gasteiger partial charge on any atom is 0.326 e. The highest BCUT2D eigenvalue weighted by molar-refractivity contribution is 7.98. The van der Waals surface area contributed by atoms with Crippen LogP contribution in [0, 0.1) is 12.8 Å². The summed E-state index contributed by atoms with van der Waals surface area (Å²) in [5.41, 5.74) is 4.55. The van der Waals surface area contributed by atoms with Gasteiger partial charge in [0.2, 0.25) is 0 Å². The summed E-state index contributed by atoms with van der Waals surface area (Å²) in [6, 6.07) is 13.0. The number of rotatable bonds is 13. The van der Waals surface area contributed by atoms with Crippen LogP contribution >= 0.6 is 11.8 Å². The van der Waals surface area contributed by atoms with Gasteiger partial charge in [0.25, 0.3) is 5.91 Å². The molecule has 9 heteroatoms. The average Bonchev–Trinajstić information content (AvgIpc) is 2.94. The van der Waals surface area contributed by atoms with Gasteiger partial charge in [-0.2, -0.15) is 11.8 Å². The highest BCUT2D eigenvalue weighted by Gasteiger charge is 2.22. The van der Waals surface area contributed by atoms with Gasteiger partial charge < -0.3 is 15.7 Å². The molecule has 0 bridgehead atoms. The monoisotopic (exact) mass is 590 g/mol. The van der Waals surface area contributed by atoms with Crippen LogP contribution in [0.2, 0.25) is 0 Å². The van der Waals surface area contributed by atoms with Gasteiger partial charge in [-0.15, -0.1) is 0 Å². The van der Waals surface area contributed by atoms with Crippen molar-refractivity contribution >= 4 is 33.5 Å². The van der Waals surface area contributed by atoms with Gasteiger partial charge in [0.1, 0.15) is 15.9 Å². The largest absolute Gasteiger partial charge is 0.480 e. The van der Waals surface area contributed by atoms with E-state index in [4.69, 9.17) is 0 Å². The van der Waals surface area contributed by atoms with Crippen molar-refractivity contribution in [2.45, 2.75) is 71.4 Å². The molecule has 0 aromatic heterocycles. The smallest absolute Gasteiger partial charge is 0.326 e. The summed E-state index contributed by atoms with van der Waals surface area (Å²) in [6.45, 7) is 5.40. The number of carboxylic acid groups (broad SMARTS) is 1. The fourth-order valence-corrected chi connectivity index (χ4v) is 5.21. The van der Waals surface area contributed by atoms with Crippen LogP contribution in [-0.2, 0) is 21.2 Å². The Bertz CT molecular complexity index is 1190. The van der Waals surface area contributed by atoms with Gasteiger partial charge in [0, 0.05) is 24.1 Å². The summed E-state index contributed by atoms with van der Waals surface area (Å²) < 4.78 is 20.0. The van der Waals surface area contributed by atoms with Gasteiger partial charge in [-0.3, -0.25) is 4.79 Å². The Hall–Kier alpha value is -2.36. The molecule has 7 nitrogen and oxygen atoms in total. The number of aryl methyl sites for hydroxylation is 1. The van der Waals surface area contributed by atoms with Crippen LogP contribution in [0.5, 0.6) is 0 Å². The predicted molar refractivity (Wildman–Crippen MR) is 167 cm³/mol. The highest BCUT2D eigenvalue weighted by atomic mass is 32.2. The van der Waals surface area contributed by atoms with E-state index in [0.29, 0.717) is 17.7 Å². The lowest BCUT2D eigenvalue weighted by Crippen LogP contribution is -2.41. The van der Waals surface area contributed by atoms with Crippen molar-refractivity contribution in [1.29, 1.82) is 0 Å². The van der Waals surface area contributed by atoms with E-state index in [0.717, 1.165) is 41.3 Å². The summed E-state index contributed by atoms with van der Waals surface area (Å²) in [7, 11) is -2.66. The molecule has 40 heavy (non-hydrogen) atoms. The number of hydrogen-bond donors (Lipinski definition) is 3. The molecule has 1 amide bonds. The zero-order valence-corrected chi connectivity index (χ0v) is 26.0. The zero-order valence-electron chi connectivity index (χ0n) is 24.4. The maximum absolute atomic E-state index is 13.2. The number of sulfone groups is 1. The Morgan fingerprint density at radius 1 is 1.07 bits per heavy atom. The van der Waals surface area contributed by atoms with Gasteiger partial charge in [-0.1, -0.05) is 69.4 Å². The van der Waals surface area contributed by atoms with Gasteiger partial charge in [0.05, 0.1) is 0 Å². The third kappa shape index (κ3) is 12.0. The van der Waals surface area contributed by atoms with Crippen LogP contribution < -0.4 is 10.6 Å². The topological polar surface area (TPSA) is 113 Å². The van der Waals surface area contributed by atoms with Crippen molar-refractivity contribution in [2.24, 2.45) is 5.92 Å². The second-order valence-corrected chi connectivity index (χ2v) is 13.9. The number of amides is 1. The molecule has 3 N–H and O–H groups in total. The number of hydrogen-bond acceptors (Lipinski definition) is 6. The van der Waals surface area contributed by atoms with Gasteiger partial charge in [0.15, 0.2) is 0 Å². The minimum Gasteiger partial charge on any atom is -0.480 e. The van der Waals surface area contributed by atoms with Crippen molar-refractivity contribution < 1.29 is 23.1 Å². The van der Waals surface area contributed by atoms with Crippen molar-refractivity contribution in [2.75, 3.05) is 30.6 Å². The van der Waals surface area contributed by atoms with Gasteiger partial charge in [-0.25, -0.2) is 13.2 Å². The van der Waals surface area contributed by atoms with E-state index in [2.05, 4.69) is 16.7 Å². The lowest BCUT2D eigenvalue weighted by atomic mass is 9.87. The first-order valence-electron chi connectivity index (χ1n) is 14.2. The molecule has 1 fully saturated rings. The second-order valence-electron chi connectivity index (χ2n) is 10.5. The zero-order chi connectivity index (χ0) is 29.5. The number of carbonyl (C=O) groups excluding carboxylic acids is 1. The Morgan fingerprint density at radius 2 is 1.75 bits per heavy atom. The second kappa shape index (κ2) is 17.5. The molecule has 0 heterocycles. The fourth-order valence-electron chi connectivity index (χ4n) is 4.74. The Balaban J connectivity index is 0.000000840. The van der Waals surface area contributed by atoms with Crippen LogP contribution in [0.3, 0.4) is 0 Å². The predicted octanol–water partition coefficient (Wildman–Crippen LogP) is 5.71. The van der Waals surface area contributed by atoms with Gasteiger partial charge >= 0.3 is 5.97 Å². The van der Waals surface area contributed by atoms with E-state index < -0.39 is 21.8 Å². The fraction of sp³-hybridized carbons (Fsp3) is 0.548. The molecule has 2 aromatic rings. The minimum atomic E-state index is -2.66. The van der Waals surface area contributed by atoms with Crippen LogP contribution in [0.1, 0.15) is 73.4 Å². The number of thioether (sulfide) groups is 1. The van der Waals surface area contributed by atoms with Gasteiger partial charge in [-0.05, 0) is 78.6 Å². The molecule has 1 unspecified atom stereocenters. The minimum absolute atomic E-state index is 0.243. The molecule has 2 aromatic carbocycles. The summed E-state index contributed by atoms with van der Waals surface area (Å²) in [5, 5.41) is 15.9. The molecular formula is C31H46N2O5S2. The number of nitrogens with one attached hydrogen (secondary N) is 2. The number of benzene rings is 2. The maximum atomic E-state index is 13.2. The Kier molecular flexibility index (Phi) is 14.8. The molecule has 1 aliphatic rings. The average molecular weight is 591 g/mol. The van der Waals surface area contributed by atoms with Crippen LogP contribution in [0.15, 0.2) is 42.5 Å². The van der Waals surface area contributed by atoms with Crippen molar-refractivity contribution in [3.05, 3.63) is 59.2 Å². The molecule has 0 saturated heterocycles. The van der Waals surface area contributed by atoms with E-state index in [-0.39, 0.29) is 11.7 Å². The SMILES string of the molecule is CCS(C)(=O)=O.CSCCC(NC(=O)c1ccc(CNCCC2CCCCC2)cc1-c1ccccc1C)C(=O)O. The van der Waals surface area contributed by atoms with Crippen molar-refractivity contribution in [3.8, 4) is 11.1 Å². The molecule has 0 spiro atoms. The molecule has 1 atom stereocenters. The lowest BCUT2D eigenvalue weighted by Gasteiger charge is -2.21. The van der Waals surface area contributed by atoms with Crippen LogP contribution in [-0.4, -0.2) is 62.0 Å². The normalized spacial score (nSPS) is 14.6. The quantitative estimate of drug-likeness (QED) is 0.256. The molecule has 1 aliphatic carbocycles. The molecule has 3 rings (SSSR count). The Labute approximate surface area is 244 Å².